The maximum Gasteiger partial charge on any atom is 0.316 e. The number of phenols is 1. The van der Waals surface area contributed by atoms with Crippen LogP contribution in [0.2, 0.25) is 10.0 Å². The number of anilines is 2. The normalized spacial score (nSPS) is 14.3. The van der Waals surface area contributed by atoms with Gasteiger partial charge in [0.2, 0.25) is 0 Å². The number of primary amides is 2. The topological polar surface area (TPSA) is 152 Å². The van der Waals surface area contributed by atoms with Gasteiger partial charge >= 0.3 is 12.1 Å². The van der Waals surface area contributed by atoms with E-state index in [0.717, 1.165) is 0 Å². The van der Waals surface area contributed by atoms with Gasteiger partial charge in [0.15, 0.2) is 0 Å². The molecule has 0 aromatic heterocycles. The quantitative estimate of drug-likeness (QED) is 0.365. The number of hydrogen-bond donors (Lipinski definition) is 5. The Balaban J connectivity index is 0.000000209. The Labute approximate surface area is 170 Å². The average Bonchev–Trinajstić information content (AvgIpc) is 3.41. The van der Waals surface area contributed by atoms with Crippen LogP contribution >= 0.6 is 23.2 Å². The number of rotatable bonds is 5. The minimum Gasteiger partial charge on any atom is -0.506 e. The first kappa shape index (κ1) is 21.4. The number of urea groups is 2. The maximum absolute atomic E-state index is 10.8. The molecule has 0 bridgehead atoms. The van der Waals surface area contributed by atoms with Crippen LogP contribution in [-0.4, -0.2) is 36.5 Å². The first-order valence-electron chi connectivity index (χ1n) is 7.90. The fraction of sp³-hybridized carbons (Fsp3) is 0.176. The number of carbonyl (C=O) groups is 2. The summed E-state index contributed by atoms with van der Waals surface area (Å²) in [6, 6.07) is 7.81. The predicted octanol–water partition coefficient (Wildman–Crippen LogP) is 3.14. The largest absolute Gasteiger partial charge is 0.506 e. The van der Waals surface area contributed by atoms with Crippen molar-refractivity contribution >= 4 is 46.6 Å². The van der Waals surface area contributed by atoms with E-state index < -0.39 is 12.1 Å². The first-order chi connectivity index (χ1) is 13.2. The van der Waals surface area contributed by atoms with Gasteiger partial charge in [-0.1, -0.05) is 23.2 Å². The summed E-state index contributed by atoms with van der Waals surface area (Å²) in [6.07, 6.45) is 0.150. The van der Waals surface area contributed by atoms with E-state index in [1.165, 1.54) is 18.2 Å². The van der Waals surface area contributed by atoms with Crippen molar-refractivity contribution in [1.29, 1.82) is 0 Å². The van der Waals surface area contributed by atoms with Crippen LogP contribution in [0.4, 0.5) is 21.0 Å². The molecule has 28 heavy (non-hydrogen) atoms. The van der Waals surface area contributed by atoms with Gasteiger partial charge in [-0.2, -0.15) is 0 Å². The number of hydrogen-bond acceptors (Lipinski definition) is 5. The zero-order valence-corrected chi connectivity index (χ0v) is 16.0. The minimum atomic E-state index is -0.743. The predicted molar refractivity (Wildman–Crippen MR) is 106 cm³/mol. The summed E-state index contributed by atoms with van der Waals surface area (Å²) >= 11 is 11.4. The second kappa shape index (κ2) is 9.88. The van der Waals surface area contributed by atoms with Gasteiger partial charge in [0.25, 0.3) is 0 Å². The van der Waals surface area contributed by atoms with Crippen LogP contribution in [0.15, 0.2) is 36.4 Å². The lowest BCUT2D eigenvalue weighted by atomic mass is 10.3. The third kappa shape index (κ3) is 7.39. The number of ether oxygens (including phenoxy) is 2. The Morgan fingerprint density at radius 1 is 1.07 bits per heavy atom. The molecule has 1 saturated heterocycles. The molecule has 11 heteroatoms. The van der Waals surface area contributed by atoms with E-state index >= 15 is 0 Å². The molecular formula is C17H18Cl2N4O5. The Bertz CT molecular complexity index is 861. The molecule has 0 radical (unpaired) electrons. The van der Waals surface area contributed by atoms with E-state index in [1.54, 1.807) is 18.2 Å². The molecule has 0 spiro atoms. The number of nitrogens with two attached hydrogens (primary N) is 2. The lowest BCUT2D eigenvalue weighted by Crippen LogP contribution is -2.20. The van der Waals surface area contributed by atoms with Gasteiger partial charge < -0.3 is 36.7 Å². The number of carbonyl (C=O) groups excluding carboxylic acids is 2. The second-order valence-corrected chi connectivity index (χ2v) is 6.42. The molecule has 2 aromatic carbocycles. The average molecular weight is 429 g/mol. The standard InChI is InChI=1S/C10H11ClN2O3.C7H7ClN2O2/c11-6-1-2-9(16-5-7-4-15-7)8(3-6)13-10(12)14;8-4-1-2-6(11)5(3-4)10-7(9)12/h1-3,7H,4-5H2,(H3,12,13,14);1-3,11H,(H3,9,10,12)/t7-;/m0./s1. The van der Waals surface area contributed by atoms with Crippen molar-refractivity contribution < 1.29 is 24.2 Å². The summed E-state index contributed by atoms with van der Waals surface area (Å²) in [5.74, 6) is 0.455. The highest BCUT2D eigenvalue weighted by Crippen LogP contribution is 2.29. The zero-order chi connectivity index (χ0) is 20.7. The Kier molecular flexibility index (Phi) is 7.56. The van der Waals surface area contributed by atoms with E-state index in [2.05, 4.69) is 10.6 Å². The van der Waals surface area contributed by atoms with Crippen molar-refractivity contribution in [3.05, 3.63) is 46.4 Å². The highest BCUT2D eigenvalue weighted by Gasteiger charge is 2.23. The molecule has 7 N–H and O–H groups in total. The fourth-order valence-electron chi connectivity index (χ4n) is 1.95. The minimum absolute atomic E-state index is 0.0711. The van der Waals surface area contributed by atoms with Crippen LogP contribution < -0.4 is 26.8 Å². The van der Waals surface area contributed by atoms with Crippen LogP contribution in [0.1, 0.15) is 0 Å². The van der Waals surface area contributed by atoms with Gasteiger partial charge in [-0.3, -0.25) is 0 Å². The van der Waals surface area contributed by atoms with Crippen LogP contribution in [0.3, 0.4) is 0 Å². The van der Waals surface area contributed by atoms with Crippen molar-refractivity contribution in [2.45, 2.75) is 6.10 Å². The van der Waals surface area contributed by atoms with Crippen molar-refractivity contribution in [3.63, 3.8) is 0 Å². The smallest absolute Gasteiger partial charge is 0.316 e. The van der Waals surface area contributed by atoms with E-state index in [0.29, 0.717) is 34.7 Å². The number of aromatic hydroxyl groups is 1. The van der Waals surface area contributed by atoms with Crippen LogP contribution in [0.25, 0.3) is 0 Å². The Hall–Kier alpha value is -2.88. The Morgan fingerprint density at radius 2 is 1.61 bits per heavy atom. The van der Waals surface area contributed by atoms with Gasteiger partial charge in [-0.25, -0.2) is 9.59 Å². The van der Waals surface area contributed by atoms with Gasteiger partial charge in [-0.05, 0) is 36.4 Å². The van der Waals surface area contributed by atoms with Crippen molar-refractivity contribution in [2.75, 3.05) is 23.8 Å². The summed E-state index contributed by atoms with van der Waals surface area (Å²) in [5, 5.41) is 14.7. The lowest BCUT2D eigenvalue weighted by molar-refractivity contribution is 0.257. The summed E-state index contributed by atoms with van der Waals surface area (Å²) in [5.41, 5.74) is 10.5. The van der Waals surface area contributed by atoms with Crippen LogP contribution in [-0.2, 0) is 4.74 Å². The molecule has 4 amide bonds. The zero-order valence-electron chi connectivity index (χ0n) is 14.4. The second-order valence-electron chi connectivity index (χ2n) is 5.55. The third-order valence-electron chi connectivity index (χ3n) is 3.24. The number of halogens is 2. The number of nitrogens with one attached hydrogen (secondary N) is 2. The van der Waals surface area contributed by atoms with Gasteiger partial charge in [-0.15, -0.1) is 0 Å². The molecule has 150 valence electrons. The highest BCUT2D eigenvalue weighted by atomic mass is 35.5. The number of amides is 4. The van der Waals surface area contributed by atoms with Gasteiger partial charge in [0, 0.05) is 10.0 Å². The molecule has 1 heterocycles. The van der Waals surface area contributed by atoms with E-state index in [4.69, 9.17) is 49.2 Å². The summed E-state index contributed by atoms with van der Waals surface area (Å²) in [4.78, 5) is 21.2. The number of phenolic OH excluding ortho intramolecular Hbond substituents is 1. The number of benzene rings is 2. The molecule has 0 saturated carbocycles. The van der Waals surface area contributed by atoms with Gasteiger partial charge in [0.1, 0.15) is 24.2 Å². The van der Waals surface area contributed by atoms with E-state index in [9.17, 15) is 9.59 Å². The molecule has 1 aliphatic heterocycles. The highest BCUT2D eigenvalue weighted by molar-refractivity contribution is 6.31. The molecule has 1 fully saturated rings. The molecular weight excluding hydrogens is 411 g/mol. The van der Waals surface area contributed by atoms with Crippen molar-refractivity contribution in [2.24, 2.45) is 11.5 Å². The van der Waals surface area contributed by atoms with Crippen molar-refractivity contribution in [1.82, 2.24) is 0 Å². The molecule has 2 aromatic rings. The Morgan fingerprint density at radius 3 is 2.18 bits per heavy atom. The molecule has 0 aliphatic carbocycles. The maximum atomic E-state index is 10.8. The van der Waals surface area contributed by atoms with Gasteiger partial charge in [0.05, 0.1) is 18.0 Å². The van der Waals surface area contributed by atoms with Crippen molar-refractivity contribution in [3.8, 4) is 11.5 Å². The summed E-state index contributed by atoms with van der Waals surface area (Å²) < 4.78 is 10.5. The first-order valence-corrected chi connectivity index (χ1v) is 8.65. The summed E-state index contributed by atoms with van der Waals surface area (Å²) in [7, 11) is 0. The molecule has 0 unspecified atom stereocenters. The van der Waals surface area contributed by atoms with E-state index in [1.807, 2.05) is 0 Å². The molecule has 1 atom stereocenters. The lowest BCUT2D eigenvalue weighted by Gasteiger charge is -2.10. The van der Waals surface area contributed by atoms with Crippen LogP contribution in [0, 0.1) is 0 Å². The molecule has 3 rings (SSSR count). The molecule has 9 nitrogen and oxygen atoms in total. The summed E-state index contributed by atoms with van der Waals surface area (Å²) in [6.45, 7) is 1.17. The fourth-order valence-corrected chi connectivity index (χ4v) is 2.29. The van der Waals surface area contributed by atoms with E-state index in [-0.39, 0.29) is 17.5 Å². The van der Waals surface area contributed by atoms with Crippen LogP contribution in [0.5, 0.6) is 11.5 Å². The third-order valence-corrected chi connectivity index (χ3v) is 3.71. The molecule has 1 aliphatic rings. The monoisotopic (exact) mass is 428 g/mol. The SMILES string of the molecule is NC(=O)Nc1cc(Cl)ccc1O.NC(=O)Nc1cc(Cl)ccc1OC[C@@H]1CO1. The number of epoxide rings is 1.